The van der Waals surface area contributed by atoms with E-state index in [0.717, 1.165) is 35.8 Å². The van der Waals surface area contributed by atoms with Gasteiger partial charge in [0.25, 0.3) is 0 Å². The van der Waals surface area contributed by atoms with E-state index in [1.165, 1.54) is 12.1 Å². The molecule has 0 unspecified atom stereocenters. The Hall–Kier alpha value is -2.74. The third kappa shape index (κ3) is 5.12. The van der Waals surface area contributed by atoms with Crippen LogP contribution in [0.15, 0.2) is 54.7 Å². The first kappa shape index (κ1) is 21.5. The smallest absolute Gasteiger partial charge is 0.416 e. The minimum absolute atomic E-state index is 0.588. The number of fused-ring (bicyclic) bond motifs is 1. The molecule has 0 aromatic heterocycles. The molecule has 164 valence electrons. The summed E-state index contributed by atoms with van der Waals surface area (Å²) in [4.78, 5) is 4.02. The first-order valence-corrected chi connectivity index (χ1v) is 10.7. The van der Waals surface area contributed by atoms with Gasteiger partial charge in [-0.1, -0.05) is 24.3 Å². The lowest BCUT2D eigenvalue weighted by Crippen LogP contribution is -2.51. The van der Waals surface area contributed by atoms with Gasteiger partial charge in [0.05, 0.1) is 12.2 Å². The summed E-state index contributed by atoms with van der Waals surface area (Å²) in [5.41, 5.74) is 2.19. The van der Waals surface area contributed by atoms with Gasteiger partial charge in [0.15, 0.2) is 5.11 Å². The number of allylic oxidation sites excluding steroid dienone is 1. The van der Waals surface area contributed by atoms with Crippen LogP contribution in [0.2, 0.25) is 0 Å². The minimum Gasteiger partial charge on any atom is -0.493 e. The maximum atomic E-state index is 13.0. The number of hydrogen-bond donors (Lipinski definition) is 1. The Morgan fingerprint density at radius 1 is 1.03 bits per heavy atom. The van der Waals surface area contributed by atoms with Gasteiger partial charge in [0.2, 0.25) is 0 Å². The van der Waals surface area contributed by atoms with Crippen LogP contribution in [0.25, 0.3) is 5.57 Å². The van der Waals surface area contributed by atoms with Crippen molar-refractivity contribution in [3.05, 3.63) is 65.9 Å². The number of para-hydroxylation sites is 1. The van der Waals surface area contributed by atoms with E-state index in [4.69, 9.17) is 17.0 Å². The SMILES string of the molecule is FC(F)(F)c1cccc(N2CCN(C(=S)N/C=C3/CCCOc4ccccc43)CC2)c1. The number of alkyl halides is 3. The highest BCUT2D eigenvalue weighted by Gasteiger charge is 2.31. The Balaban J connectivity index is 1.37. The van der Waals surface area contributed by atoms with Crippen molar-refractivity contribution >= 4 is 28.6 Å². The number of anilines is 1. The number of nitrogens with zero attached hydrogens (tertiary/aromatic N) is 2. The standard InChI is InChI=1S/C23H24F3N3OS/c24-23(25,26)18-6-3-7-19(15-18)28-10-12-29(13-11-28)22(31)27-16-17-5-4-14-30-21-9-2-1-8-20(17)21/h1-3,6-9,15-16H,4-5,10-14H2,(H,27,31)/b17-16-. The summed E-state index contributed by atoms with van der Waals surface area (Å²) in [5, 5.41) is 3.87. The van der Waals surface area contributed by atoms with Gasteiger partial charge in [0, 0.05) is 43.6 Å². The van der Waals surface area contributed by atoms with Crippen molar-refractivity contribution in [2.45, 2.75) is 19.0 Å². The molecule has 2 heterocycles. The Morgan fingerprint density at radius 2 is 1.81 bits per heavy atom. The van der Waals surface area contributed by atoms with Crippen LogP contribution >= 0.6 is 12.2 Å². The van der Waals surface area contributed by atoms with E-state index in [-0.39, 0.29) is 0 Å². The Bertz CT molecular complexity index is 969. The summed E-state index contributed by atoms with van der Waals surface area (Å²) < 4.78 is 44.8. The summed E-state index contributed by atoms with van der Waals surface area (Å²) in [6.07, 6.45) is -0.548. The average molecular weight is 448 g/mol. The van der Waals surface area contributed by atoms with Crippen LogP contribution in [0.3, 0.4) is 0 Å². The summed E-state index contributed by atoms with van der Waals surface area (Å²) >= 11 is 5.57. The molecule has 0 amide bonds. The van der Waals surface area contributed by atoms with E-state index in [1.807, 2.05) is 35.4 Å². The lowest BCUT2D eigenvalue weighted by Gasteiger charge is -2.37. The van der Waals surface area contributed by atoms with Gasteiger partial charge in [-0.3, -0.25) is 0 Å². The molecule has 1 saturated heterocycles. The molecular formula is C23H24F3N3OS. The maximum Gasteiger partial charge on any atom is 0.416 e. The Labute approximate surface area is 185 Å². The van der Waals surface area contributed by atoms with E-state index < -0.39 is 11.7 Å². The van der Waals surface area contributed by atoms with E-state index >= 15 is 0 Å². The molecular weight excluding hydrogens is 423 g/mol. The van der Waals surface area contributed by atoms with Gasteiger partial charge < -0.3 is 19.9 Å². The number of nitrogens with one attached hydrogen (secondary N) is 1. The molecule has 2 aliphatic rings. The van der Waals surface area contributed by atoms with E-state index in [1.54, 1.807) is 6.07 Å². The second-order valence-corrected chi connectivity index (χ2v) is 7.98. The van der Waals surface area contributed by atoms with Crippen LogP contribution in [0.5, 0.6) is 5.75 Å². The molecule has 2 aromatic carbocycles. The molecule has 1 fully saturated rings. The van der Waals surface area contributed by atoms with Crippen molar-refractivity contribution in [2.24, 2.45) is 0 Å². The highest BCUT2D eigenvalue weighted by Crippen LogP contribution is 2.33. The number of benzene rings is 2. The van der Waals surface area contributed by atoms with Crippen molar-refractivity contribution in [3.8, 4) is 5.75 Å². The number of ether oxygens (including phenoxy) is 1. The predicted molar refractivity (Wildman–Crippen MR) is 120 cm³/mol. The molecule has 1 N–H and O–H groups in total. The highest BCUT2D eigenvalue weighted by molar-refractivity contribution is 7.80. The van der Waals surface area contributed by atoms with Crippen molar-refractivity contribution in [1.29, 1.82) is 0 Å². The molecule has 0 radical (unpaired) electrons. The molecule has 0 atom stereocenters. The number of rotatable bonds is 2. The molecule has 0 spiro atoms. The Kier molecular flexibility index (Phi) is 6.36. The van der Waals surface area contributed by atoms with Crippen molar-refractivity contribution in [3.63, 3.8) is 0 Å². The molecule has 8 heteroatoms. The van der Waals surface area contributed by atoms with Crippen LogP contribution in [-0.4, -0.2) is 42.8 Å². The lowest BCUT2D eigenvalue weighted by molar-refractivity contribution is -0.137. The third-order valence-corrected chi connectivity index (χ3v) is 5.93. The average Bonchev–Trinajstić information content (AvgIpc) is 2.99. The fraction of sp³-hybridized carbons (Fsp3) is 0.348. The number of piperazine rings is 1. The van der Waals surface area contributed by atoms with Gasteiger partial charge in [-0.15, -0.1) is 0 Å². The summed E-state index contributed by atoms with van der Waals surface area (Å²) in [6, 6.07) is 13.5. The van der Waals surface area contributed by atoms with Gasteiger partial charge in [-0.25, -0.2) is 0 Å². The van der Waals surface area contributed by atoms with E-state index in [0.29, 0.717) is 43.6 Å². The van der Waals surface area contributed by atoms with Crippen molar-refractivity contribution < 1.29 is 17.9 Å². The Morgan fingerprint density at radius 3 is 2.58 bits per heavy atom. The highest BCUT2D eigenvalue weighted by atomic mass is 32.1. The summed E-state index contributed by atoms with van der Waals surface area (Å²) in [7, 11) is 0. The first-order chi connectivity index (χ1) is 14.9. The van der Waals surface area contributed by atoms with Crippen LogP contribution in [-0.2, 0) is 6.18 Å². The predicted octanol–water partition coefficient (Wildman–Crippen LogP) is 4.92. The molecule has 4 rings (SSSR count). The fourth-order valence-corrected chi connectivity index (χ4v) is 4.12. The summed E-state index contributed by atoms with van der Waals surface area (Å²) in [6.45, 7) is 3.19. The van der Waals surface area contributed by atoms with Gasteiger partial charge in [0.1, 0.15) is 5.75 Å². The number of halogens is 3. The zero-order chi connectivity index (χ0) is 21.8. The van der Waals surface area contributed by atoms with Crippen molar-refractivity contribution in [2.75, 3.05) is 37.7 Å². The molecule has 4 nitrogen and oxygen atoms in total. The van der Waals surface area contributed by atoms with E-state index in [9.17, 15) is 13.2 Å². The second-order valence-electron chi connectivity index (χ2n) is 7.59. The molecule has 0 saturated carbocycles. The fourth-order valence-electron chi connectivity index (χ4n) is 3.87. The van der Waals surface area contributed by atoms with Crippen LogP contribution in [0.4, 0.5) is 18.9 Å². The normalized spacial score (nSPS) is 18.2. The molecule has 0 bridgehead atoms. The van der Waals surface area contributed by atoms with Crippen LogP contribution in [0.1, 0.15) is 24.0 Å². The monoisotopic (exact) mass is 447 g/mol. The molecule has 0 aliphatic carbocycles. The second kappa shape index (κ2) is 9.18. The van der Waals surface area contributed by atoms with Gasteiger partial charge in [-0.2, -0.15) is 13.2 Å². The molecule has 2 aromatic rings. The zero-order valence-corrected chi connectivity index (χ0v) is 17.8. The third-order valence-electron chi connectivity index (χ3n) is 5.56. The van der Waals surface area contributed by atoms with Gasteiger partial charge >= 0.3 is 6.18 Å². The maximum absolute atomic E-state index is 13.0. The number of thiocarbonyl (C=S) groups is 1. The summed E-state index contributed by atoms with van der Waals surface area (Å²) in [5.74, 6) is 0.883. The van der Waals surface area contributed by atoms with Gasteiger partial charge in [-0.05, 0) is 54.9 Å². The van der Waals surface area contributed by atoms with Crippen molar-refractivity contribution in [1.82, 2.24) is 10.2 Å². The zero-order valence-electron chi connectivity index (χ0n) is 17.0. The first-order valence-electron chi connectivity index (χ1n) is 10.3. The van der Waals surface area contributed by atoms with Crippen LogP contribution < -0.4 is 15.0 Å². The molecule has 31 heavy (non-hydrogen) atoms. The lowest BCUT2D eigenvalue weighted by atomic mass is 10.0. The molecule has 2 aliphatic heterocycles. The largest absolute Gasteiger partial charge is 0.493 e. The topological polar surface area (TPSA) is 27.7 Å². The van der Waals surface area contributed by atoms with E-state index in [2.05, 4.69) is 10.2 Å². The quantitative estimate of drug-likeness (QED) is 0.660. The minimum atomic E-state index is -4.33. The van der Waals surface area contributed by atoms with Crippen LogP contribution in [0, 0.1) is 0 Å². The number of hydrogen-bond acceptors (Lipinski definition) is 3.